The summed E-state index contributed by atoms with van der Waals surface area (Å²) in [5.41, 5.74) is 1.59. The Bertz CT molecular complexity index is 433. The maximum atomic E-state index is 11.2. The van der Waals surface area contributed by atoms with E-state index in [0.29, 0.717) is 0 Å². The number of hydrogen-bond donors (Lipinski definition) is 1. The quantitative estimate of drug-likeness (QED) is 0.622. The number of methoxy groups -OCH3 is 1. The third kappa shape index (κ3) is 4.80. The lowest BCUT2D eigenvalue weighted by Gasteiger charge is -2.03. The van der Waals surface area contributed by atoms with Gasteiger partial charge in [-0.25, -0.2) is 9.59 Å². The second-order valence-electron chi connectivity index (χ2n) is 3.44. The van der Waals surface area contributed by atoms with Crippen molar-refractivity contribution in [2.24, 2.45) is 0 Å². The van der Waals surface area contributed by atoms with Gasteiger partial charge in [0.25, 0.3) is 0 Å². The number of aliphatic hydroxyl groups excluding tert-OH is 1. The van der Waals surface area contributed by atoms with Crippen molar-refractivity contribution in [1.82, 2.24) is 0 Å². The number of aliphatic hydroxyl groups is 1. The van der Waals surface area contributed by atoms with Crippen molar-refractivity contribution in [2.75, 3.05) is 7.11 Å². The molecule has 0 radical (unpaired) electrons. The fourth-order valence-corrected chi connectivity index (χ4v) is 1.15. The SMILES string of the molecule is COC(=O)/C=C/C(=O)OCc1ccc(CO)cc1. The van der Waals surface area contributed by atoms with Crippen LogP contribution in [-0.2, 0) is 32.3 Å². The largest absolute Gasteiger partial charge is 0.466 e. The monoisotopic (exact) mass is 250 g/mol. The van der Waals surface area contributed by atoms with Gasteiger partial charge in [0.2, 0.25) is 0 Å². The van der Waals surface area contributed by atoms with Crippen LogP contribution in [0.25, 0.3) is 0 Å². The first-order valence-corrected chi connectivity index (χ1v) is 5.27. The van der Waals surface area contributed by atoms with Crippen molar-refractivity contribution in [3.8, 4) is 0 Å². The zero-order valence-corrected chi connectivity index (χ0v) is 9.96. The topological polar surface area (TPSA) is 72.8 Å². The highest BCUT2D eigenvalue weighted by Gasteiger charge is 2.00. The molecule has 5 nitrogen and oxygen atoms in total. The lowest BCUT2D eigenvalue weighted by atomic mass is 10.1. The Morgan fingerprint density at radius 2 is 1.67 bits per heavy atom. The molecule has 0 fully saturated rings. The van der Waals surface area contributed by atoms with E-state index in [2.05, 4.69) is 4.74 Å². The van der Waals surface area contributed by atoms with Crippen molar-refractivity contribution < 1.29 is 24.2 Å². The summed E-state index contributed by atoms with van der Waals surface area (Å²) in [5.74, 6) is -1.23. The predicted molar refractivity (Wildman–Crippen MR) is 63.3 cm³/mol. The summed E-state index contributed by atoms with van der Waals surface area (Å²) in [6.45, 7) is 0.0813. The summed E-state index contributed by atoms with van der Waals surface area (Å²) in [7, 11) is 1.22. The molecule has 18 heavy (non-hydrogen) atoms. The molecule has 0 spiro atoms. The molecule has 0 atom stereocenters. The lowest BCUT2D eigenvalue weighted by molar-refractivity contribution is -0.140. The fourth-order valence-electron chi connectivity index (χ4n) is 1.15. The van der Waals surface area contributed by atoms with Gasteiger partial charge in [-0.2, -0.15) is 0 Å². The highest BCUT2D eigenvalue weighted by atomic mass is 16.5. The molecule has 5 heteroatoms. The maximum absolute atomic E-state index is 11.2. The second-order valence-corrected chi connectivity index (χ2v) is 3.44. The molecule has 0 heterocycles. The molecule has 0 aromatic heterocycles. The van der Waals surface area contributed by atoms with Gasteiger partial charge in [-0.3, -0.25) is 0 Å². The summed E-state index contributed by atoms with van der Waals surface area (Å²) >= 11 is 0. The van der Waals surface area contributed by atoms with E-state index in [1.165, 1.54) is 7.11 Å². The minimum Gasteiger partial charge on any atom is -0.466 e. The van der Waals surface area contributed by atoms with Gasteiger partial charge in [0, 0.05) is 12.2 Å². The van der Waals surface area contributed by atoms with E-state index in [9.17, 15) is 9.59 Å². The molecular weight excluding hydrogens is 236 g/mol. The van der Waals surface area contributed by atoms with E-state index in [1.54, 1.807) is 24.3 Å². The standard InChI is InChI=1S/C13H14O5/c1-17-12(15)6-7-13(16)18-9-11-4-2-10(8-14)3-5-11/h2-7,14H,8-9H2,1H3/b7-6+. The molecule has 0 bridgehead atoms. The highest BCUT2D eigenvalue weighted by Crippen LogP contribution is 2.05. The molecular formula is C13H14O5. The summed E-state index contributed by atoms with van der Waals surface area (Å²) in [4.78, 5) is 21.9. The minimum atomic E-state index is -0.619. The van der Waals surface area contributed by atoms with Gasteiger partial charge in [-0.1, -0.05) is 24.3 Å². The number of ether oxygens (including phenoxy) is 2. The van der Waals surface area contributed by atoms with Crippen LogP contribution in [0.4, 0.5) is 0 Å². The maximum Gasteiger partial charge on any atom is 0.331 e. The van der Waals surface area contributed by atoms with E-state index in [0.717, 1.165) is 23.3 Å². The molecule has 1 N–H and O–H groups in total. The Hall–Kier alpha value is -2.14. The predicted octanol–water partition coefficient (Wildman–Crippen LogP) is 0.951. The van der Waals surface area contributed by atoms with Crippen molar-refractivity contribution in [3.05, 3.63) is 47.5 Å². The van der Waals surface area contributed by atoms with Gasteiger partial charge in [0.1, 0.15) is 6.61 Å². The number of benzene rings is 1. The van der Waals surface area contributed by atoms with Gasteiger partial charge in [-0.15, -0.1) is 0 Å². The van der Waals surface area contributed by atoms with Gasteiger partial charge in [0.15, 0.2) is 0 Å². The second kappa shape index (κ2) is 7.24. The molecule has 1 aromatic rings. The smallest absolute Gasteiger partial charge is 0.331 e. The molecule has 0 aliphatic carbocycles. The van der Waals surface area contributed by atoms with Crippen molar-refractivity contribution in [3.63, 3.8) is 0 Å². The van der Waals surface area contributed by atoms with Crippen LogP contribution in [0.1, 0.15) is 11.1 Å². The molecule has 0 saturated heterocycles. The zero-order valence-electron chi connectivity index (χ0n) is 9.96. The van der Waals surface area contributed by atoms with Crippen LogP contribution in [0.15, 0.2) is 36.4 Å². The molecule has 0 unspecified atom stereocenters. The fraction of sp³-hybridized carbons (Fsp3) is 0.231. The summed E-state index contributed by atoms with van der Waals surface area (Å²) < 4.78 is 9.23. The van der Waals surface area contributed by atoms with Gasteiger partial charge in [0.05, 0.1) is 13.7 Å². The van der Waals surface area contributed by atoms with Crippen LogP contribution in [0.3, 0.4) is 0 Å². The third-order valence-corrected chi connectivity index (χ3v) is 2.14. The van der Waals surface area contributed by atoms with Gasteiger partial charge >= 0.3 is 11.9 Å². The Kier molecular flexibility index (Phi) is 5.60. The number of hydrogen-bond acceptors (Lipinski definition) is 5. The first-order valence-electron chi connectivity index (χ1n) is 5.27. The van der Waals surface area contributed by atoms with E-state index >= 15 is 0 Å². The number of carbonyl (C=O) groups excluding carboxylic acids is 2. The Morgan fingerprint density at radius 3 is 2.22 bits per heavy atom. The number of carbonyl (C=O) groups is 2. The van der Waals surface area contributed by atoms with Gasteiger partial charge < -0.3 is 14.6 Å². The lowest BCUT2D eigenvalue weighted by Crippen LogP contribution is -2.03. The molecule has 1 aromatic carbocycles. The Balaban J connectivity index is 2.42. The van der Waals surface area contributed by atoms with Crippen LogP contribution >= 0.6 is 0 Å². The van der Waals surface area contributed by atoms with E-state index in [1.807, 2.05) is 0 Å². The average Bonchev–Trinajstić information content (AvgIpc) is 2.42. The Morgan fingerprint density at radius 1 is 1.11 bits per heavy atom. The van der Waals surface area contributed by atoms with Crippen molar-refractivity contribution >= 4 is 11.9 Å². The number of esters is 2. The van der Waals surface area contributed by atoms with Crippen LogP contribution in [0.5, 0.6) is 0 Å². The average molecular weight is 250 g/mol. The third-order valence-electron chi connectivity index (χ3n) is 2.14. The van der Waals surface area contributed by atoms with Crippen LogP contribution in [0.2, 0.25) is 0 Å². The number of rotatable bonds is 5. The van der Waals surface area contributed by atoms with E-state index < -0.39 is 11.9 Å². The first-order chi connectivity index (χ1) is 8.65. The summed E-state index contributed by atoms with van der Waals surface area (Å²) in [5, 5.41) is 8.85. The van der Waals surface area contributed by atoms with E-state index in [-0.39, 0.29) is 13.2 Å². The normalized spacial score (nSPS) is 10.3. The van der Waals surface area contributed by atoms with Crippen molar-refractivity contribution in [2.45, 2.75) is 13.2 Å². The Labute approximate surface area is 105 Å². The molecule has 0 aliphatic heterocycles. The van der Waals surface area contributed by atoms with Crippen LogP contribution in [-0.4, -0.2) is 24.2 Å². The van der Waals surface area contributed by atoms with Crippen LogP contribution < -0.4 is 0 Å². The minimum absolute atomic E-state index is 0.0259. The molecule has 96 valence electrons. The zero-order chi connectivity index (χ0) is 13.4. The highest BCUT2D eigenvalue weighted by molar-refractivity contribution is 5.91. The van der Waals surface area contributed by atoms with E-state index in [4.69, 9.17) is 9.84 Å². The van der Waals surface area contributed by atoms with Crippen LogP contribution in [0, 0.1) is 0 Å². The first kappa shape index (κ1) is 13.9. The molecule has 0 amide bonds. The van der Waals surface area contributed by atoms with Crippen molar-refractivity contribution in [1.29, 1.82) is 0 Å². The molecule has 0 saturated carbocycles. The summed E-state index contributed by atoms with van der Waals surface area (Å²) in [6.07, 6.45) is 2.01. The molecule has 0 aliphatic rings. The van der Waals surface area contributed by atoms with Gasteiger partial charge in [-0.05, 0) is 11.1 Å². The molecule has 1 rings (SSSR count). The summed E-state index contributed by atoms with van der Waals surface area (Å²) in [6, 6.07) is 6.99.